The number of aromatic carboxylic acids is 1. The summed E-state index contributed by atoms with van der Waals surface area (Å²) in [4.78, 5) is 13.5. The molecule has 0 amide bonds. The number of hydrogen-bond donors (Lipinski definition) is 1. The number of carbonyl (C=O) groups is 1. The van der Waals surface area contributed by atoms with Gasteiger partial charge in [0.05, 0.1) is 5.56 Å². The number of carboxylic acids is 1. The molecule has 0 aliphatic carbocycles. The second-order valence-electron chi connectivity index (χ2n) is 5.09. The van der Waals surface area contributed by atoms with Crippen molar-refractivity contribution >= 4 is 5.97 Å². The number of carboxylic acid groups (broad SMARTS) is 1. The van der Waals surface area contributed by atoms with Crippen LogP contribution in [0.25, 0.3) is 0 Å². The van der Waals surface area contributed by atoms with Crippen LogP contribution in [0.3, 0.4) is 0 Å². The van der Waals surface area contributed by atoms with E-state index in [2.05, 4.69) is 25.7 Å². The highest BCUT2D eigenvalue weighted by Crippen LogP contribution is 2.15. The number of rotatable bonds is 8. The SMILES string of the molecule is CCN(CC)CC(C)CCc1ccccc1C(=O)O. The average Bonchev–Trinajstić information content (AvgIpc) is 2.42. The summed E-state index contributed by atoms with van der Waals surface area (Å²) in [6.45, 7) is 9.83. The van der Waals surface area contributed by atoms with E-state index in [9.17, 15) is 4.79 Å². The highest BCUT2D eigenvalue weighted by Gasteiger charge is 2.11. The van der Waals surface area contributed by atoms with Gasteiger partial charge in [-0.3, -0.25) is 0 Å². The Hall–Kier alpha value is -1.35. The van der Waals surface area contributed by atoms with Crippen LogP contribution in [0.2, 0.25) is 0 Å². The molecule has 0 aliphatic heterocycles. The predicted octanol–water partition coefficient (Wildman–Crippen LogP) is 3.30. The lowest BCUT2D eigenvalue weighted by molar-refractivity contribution is 0.0695. The molecule has 0 saturated carbocycles. The highest BCUT2D eigenvalue weighted by atomic mass is 16.4. The van der Waals surface area contributed by atoms with Crippen molar-refractivity contribution in [2.45, 2.75) is 33.6 Å². The zero-order valence-electron chi connectivity index (χ0n) is 12.2. The zero-order valence-corrected chi connectivity index (χ0v) is 12.2. The summed E-state index contributed by atoms with van der Waals surface area (Å²) in [5.74, 6) is -0.242. The van der Waals surface area contributed by atoms with Crippen molar-refractivity contribution in [3.8, 4) is 0 Å². The molecule has 1 aromatic rings. The summed E-state index contributed by atoms with van der Waals surface area (Å²) >= 11 is 0. The summed E-state index contributed by atoms with van der Waals surface area (Å²) in [5, 5.41) is 9.14. The first-order valence-electron chi connectivity index (χ1n) is 7.12. The van der Waals surface area contributed by atoms with Crippen molar-refractivity contribution in [3.63, 3.8) is 0 Å². The molecule has 0 aliphatic rings. The summed E-state index contributed by atoms with van der Waals surface area (Å²) in [6.07, 6.45) is 1.87. The van der Waals surface area contributed by atoms with Gasteiger partial charge in [0, 0.05) is 6.54 Å². The summed E-state index contributed by atoms with van der Waals surface area (Å²) in [6, 6.07) is 7.31. The summed E-state index contributed by atoms with van der Waals surface area (Å²) < 4.78 is 0. The maximum atomic E-state index is 11.1. The molecule has 106 valence electrons. The van der Waals surface area contributed by atoms with Crippen molar-refractivity contribution in [1.82, 2.24) is 4.90 Å². The first kappa shape index (κ1) is 15.7. The minimum atomic E-state index is -0.827. The molecular formula is C16H25NO2. The monoisotopic (exact) mass is 263 g/mol. The van der Waals surface area contributed by atoms with E-state index in [0.29, 0.717) is 11.5 Å². The molecule has 0 heterocycles. The molecule has 1 rings (SSSR count). The van der Waals surface area contributed by atoms with Crippen molar-refractivity contribution in [2.75, 3.05) is 19.6 Å². The highest BCUT2D eigenvalue weighted by molar-refractivity contribution is 5.89. The van der Waals surface area contributed by atoms with Crippen LogP contribution in [0.4, 0.5) is 0 Å². The van der Waals surface area contributed by atoms with Gasteiger partial charge in [-0.15, -0.1) is 0 Å². The van der Waals surface area contributed by atoms with Gasteiger partial charge in [0.1, 0.15) is 0 Å². The minimum absolute atomic E-state index is 0.442. The second kappa shape index (κ2) is 7.95. The number of hydrogen-bond acceptors (Lipinski definition) is 2. The van der Waals surface area contributed by atoms with Gasteiger partial charge in [-0.25, -0.2) is 4.79 Å². The zero-order chi connectivity index (χ0) is 14.3. The smallest absolute Gasteiger partial charge is 0.335 e. The van der Waals surface area contributed by atoms with E-state index in [4.69, 9.17) is 5.11 Å². The Balaban J connectivity index is 2.55. The van der Waals surface area contributed by atoms with Gasteiger partial charge in [-0.2, -0.15) is 0 Å². The predicted molar refractivity (Wildman–Crippen MR) is 78.7 cm³/mol. The molecular weight excluding hydrogens is 238 g/mol. The summed E-state index contributed by atoms with van der Waals surface area (Å²) in [5.41, 5.74) is 1.39. The standard InChI is InChI=1S/C16H25NO2/c1-4-17(5-2)12-13(3)10-11-14-8-6-7-9-15(14)16(18)19/h6-9,13H,4-5,10-12H2,1-3H3,(H,18,19). The van der Waals surface area contributed by atoms with Gasteiger partial charge in [-0.05, 0) is 43.5 Å². The van der Waals surface area contributed by atoms with Crippen molar-refractivity contribution in [3.05, 3.63) is 35.4 Å². The fraction of sp³-hybridized carbons (Fsp3) is 0.562. The molecule has 1 unspecified atom stereocenters. The fourth-order valence-corrected chi connectivity index (χ4v) is 2.36. The Morgan fingerprint density at radius 2 is 1.89 bits per heavy atom. The molecule has 0 saturated heterocycles. The third kappa shape index (κ3) is 5.03. The van der Waals surface area contributed by atoms with Crippen LogP contribution in [0.15, 0.2) is 24.3 Å². The lowest BCUT2D eigenvalue weighted by atomic mass is 9.97. The maximum Gasteiger partial charge on any atom is 0.335 e. The van der Waals surface area contributed by atoms with E-state index < -0.39 is 5.97 Å². The fourth-order valence-electron chi connectivity index (χ4n) is 2.36. The van der Waals surface area contributed by atoms with E-state index in [1.165, 1.54) is 0 Å². The van der Waals surface area contributed by atoms with Crippen molar-refractivity contribution in [2.24, 2.45) is 5.92 Å². The Labute approximate surface area is 116 Å². The van der Waals surface area contributed by atoms with Crippen LogP contribution in [0.1, 0.15) is 43.1 Å². The Bertz CT molecular complexity index is 399. The van der Waals surface area contributed by atoms with Crippen LogP contribution in [-0.4, -0.2) is 35.6 Å². The van der Waals surface area contributed by atoms with E-state index in [1.807, 2.05) is 12.1 Å². The first-order valence-corrected chi connectivity index (χ1v) is 7.12. The minimum Gasteiger partial charge on any atom is -0.478 e. The topological polar surface area (TPSA) is 40.5 Å². The average molecular weight is 263 g/mol. The van der Waals surface area contributed by atoms with Gasteiger partial charge < -0.3 is 10.0 Å². The molecule has 3 heteroatoms. The largest absolute Gasteiger partial charge is 0.478 e. The molecule has 1 N–H and O–H groups in total. The molecule has 0 radical (unpaired) electrons. The van der Waals surface area contributed by atoms with Crippen LogP contribution in [0.5, 0.6) is 0 Å². The molecule has 3 nitrogen and oxygen atoms in total. The molecule has 0 bridgehead atoms. The van der Waals surface area contributed by atoms with E-state index in [-0.39, 0.29) is 0 Å². The maximum absolute atomic E-state index is 11.1. The van der Waals surface area contributed by atoms with Crippen LogP contribution >= 0.6 is 0 Å². The second-order valence-corrected chi connectivity index (χ2v) is 5.09. The lowest BCUT2D eigenvalue weighted by Gasteiger charge is -2.22. The summed E-state index contributed by atoms with van der Waals surface area (Å²) in [7, 11) is 0. The Kier molecular flexibility index (Phi) is 6.57. The van der Waals surface area contributed by atoms with Crippen LogP contribution in [-0.2, 0) is 6.42 Å². The lowest BCUT2D eigenvalue weighted by Crippen LogP contribution is -2.28. The normalized spacial score (nSPS) is 12.6. The van der Waals surface area contributed by atoms with Gasteiger partial charge in [-0.1, -0.05) is 39.0 Å². The molecule has 1 atom stereocenters. The number of benzene rings is 1. The molecule has 0 fully saturated rings. The molecule has 0 spiro atoms. The number of nitrogens with zero attached hydrogens (tertiary/aromatic N) is 1. The molecule has 19 heavy (non-hydrogen) atoms. The third-order valence-electron chi connectivity index (χ3n) is 3.62. The molecule has 0 aromatic heterocycles. The van der Waals surface area contributed by atoms with Crippen molar-refractivity contribution < 1.29 is 9.90 Å². The van der Waals surface area contributed by atoms with Crippen LogP contribution < -0.4 is 0 Å². The van der Waals surface area contributed by atoms with Crippen molar-refractivity contribution in [1.29, 1.82) is 0 Å². The third-order valence-corrected chi connectivity index (χ3v) is 3.62. The first-order chi connectivity index (χ1) is 9.08. The van der Waals surface area contributed by atoms with Gasteiger partial charge >= 0.3 is 5.97 Å². The quantitative estimate of drug-likeness (QED) is 0.782. The van der Waals surface area contributed by atoms with Crippen LogP contribution in [0, 0.1) is 5.92 Å². The van der Waals surface area contributed by atoms with Gasteiger partial charge in [0.25, 0.3) is 0 Å². The van der Waals surface area contributed by atoms with E-state index in [0.717, 1.165) is 38.0 Å². The molecule has 1 aromatic carbocycles. The Morgan fingerprint density at radius 1 is 1.26 bits per heavy atom. The van der Waals surface area contributed by atoms with E-state index in [1.54, 1.807) is 12.1 Å². The van der Waals surface area contributed by atoms with E-state index >= 15 is 0 Å². The number of aryl methyl sites for hydroxylation is 1. The van der Waals surface area contributed by atoms with Gasteiger partial charge in [0.15, 0.2) is 0 Å². The Morgan fingerprint density at radius 3 is 2.47 bits per heavy atom. The van der Waals surface area contributed by atoms with Gasteiger partial charge in [0.2, 0.25) is 0 Å².